The van der Waals surface area contributed by atoms with Crippen molar-refractivity contribution in [2.45, 2.75) is 242 Å². The van der Waals surface area contributed by atoms with Gasteiger partial charge in [-0.25, -0.2) is 4.79 Å². The molecule has 0 radical (unpaired) electrons. The number of aliphatic hydroxyl groups is 11. The van der Waals surface area contributed by atoms with Gasteiger partial charge in [0.1, 0.15) is 73.2 Å². The summed E-state index contributed by atoms with van der Waals surface area (Å²) in [6.45, 7) is 14.4. The second-order valence-electron chi connectivity index (χ2n) is 26.4. The maximum atomic E-state index is 14.8. The number of aliphatic hydroxyl groups excluding tert-OH is 11. The molecule has 4 aliphatic heterocycles. The third kappa shape index (κ3) is 10.1. The van der Waals surface area contributed by atoms with Crippen molar-refractivity contribution in [3.05, 3.63) is 11.6 Å². The zero-order valence-electron chi connectivity index (χ0n) is 46.3. The Balaban J connectivity index is 1.01. The summed E-state index contributed by atoms with van der Waals surface area (Å²) in [7, 11) is 0. The molecule has 4 saturated heterocycles. The number of esters is 2. The average molecular weight is 1130 g/mol. The first-order valence-electron chi connectivity index (χ1n) is 28.1. The van der Waals surface area contributed by atoms with Crippen molar-refractivity contribution >= 4 is 17.9 Å². The lowest BCUT2D eigenvalue weighted by Crippen LogP contribution is -2.68. The molecule has 9 rings (SSSR count). The largest absolute Gasteiger partial charge is 0.479 e. The van der Waals surface area contributed by atoms with Gasteiger partial charge in [-0.05, 0) is 109 Å². The number of carbonyl (C=O) groups is 3. The van der Waals surface area contributed by atoms with Crippen molar-refractivity contribution in [3.8, 4) is 0 Å². The lowest BCUT2D eigenvalue weighted by Gasteiger charge is -2.71. The predicted octanol–water partition coefficient (Wildman–Crippen LogP) is -0.733. The molecular formula is C55H86O24. The lowest BCUT2D eigenvalue weighted by molar-refractivity contribution is -0.383. The Morgan fingerprint density at radius 2 is 1.10 bits per heavy atom. The van der Waals surface area contributed by atoms with Crippen LogP contribution in [0.25, 0.3) is 0 Å². The third-order valence-electron chi connectivity index (χ3n) is 21.3. The smallest absolute Gasteiger partial charge is 0.335 e. The molecule has 0 aromatic rings. The minimum atomic E-state index is -2.04. The quantitative estimate of drug-likeness (QED) is 0.0614. The van der Waals surface area contributed by atoms with Crippen LogP contribution >= 0.6 is 0 Å². The number of carboxylic acid groups (broad SMARTS) is 1. The Bertz CT molecular complexity index is 2260. The van der Waals surface area contributed by atoms with Gasteiger partial charge in [0.2, 0.25) is 6.29 Å². The molecule has 12 N–H and O–H groups in total. The highest BCUT2D eigenvalue weighted by Crippen LogP contribution is 2.76. The first-order chi connectivity index (χ1) is 36.9. The number of fused-ring (bicyclic) bond motifs is 7. The first kappa shape index (κ1) is 61.0. The third-order valence-corrected chi connectivity index (χ3v) is 21.3. The van der Waals surface area contributed by atoms with Crippen molar-refractivity contribution in [1.29, 1.82) is 0 Å². The maximum absolute atomic E-state index is 14.8. The fourth-order valence-corrected chi connectivity index (χ4v) is 16.6. The first-order valence-corrected chi connectivity index (χ1v) is 28.1. The maximum Gasteiger partial charge on any atom is 0.335 e. The second kappa shape index (κ2) is 22.1. The summed E-state index contributed by atoms with van der Waals surface area (Å²) in [5, 5.41) is 127. The van der Waals surface area contributed by atoms with Gasteiger partial charge < -0.3 is 104 Å². The molecule has 8 fully saturated rings. The molecule has 24 heteroatoms. The van der Waals surface area contributed by atoms with E-state index >= 15 is 0 Å². The molecule has 0 aromatic carbocycles. The van der Waals surface area contributed by atoms with Gasteiger partial charge in [0.05, 0.1) is 31.3 Å². The van der Waals surface area contributed by atoms with Crippen LogP contribution in [0.1, 0.15) is 120 Å². The molecule has 0 aromatic heterocycles. The van der Waals surface area contributed by atoms with Gasteiger partial charge in [-0.2, -0.15) is 0 Å². The molecule has 27 atom stereocenters. The molecule has 0 bridgehead atoms. The summed E-state index contributed by atoms with van der Waals surface area (Å²) in [6, 6.07) is 0. The van der Waals surface area contributed by atoms with Crippen molar-refractivity contribution in [3.63, 3.8) is 0 Å². The Morgan fingerprint density at radius 1 is 0.570 bits per heavy atom. The van der Waals surface area contributed by atoms with E-state index in [0.29, 0.717) is 44.9 Å². The molecule has 4 saturated carbocycles. The number of ether oxygens (including phenoxy) is 9. The number of aliphatic carboxylic acids is 1. The predicted molar refractivity (Wildman–Crippen MR) is 267 cm³/mol. The van der Waals surface area contributed by atoms with Gasteiger partial charge in [0, 0.05) is 6.92 Å². The van der Waals surface area contributed by atoms with Crippen LogP contribution in [0.15, 0.2) is 11.6 Å². The summed E-state index contributed by atoms with van der Waals surface area (Å²) in [4.78, 5) is 41.1. The van der Waals surface area contributed by atoms with Gasteiger partial charge >= 0.3 is 17.9 Å². The Kier molecular flexibility index (Phi) is 17.1. The lowest BCUT2D eigenvalue weighted by atomic mass is 9.33. The normalized spacial score (nSPS) is 51.1. The molecule has 0 amide bonds. The van der Waals surface area contributed by atoms with E-state index in [2.05, 4.69) is 54.5 Å². The standard InChI is InChI=1S/C55H86O24/c1-23(59)71-41-40(76-45-37(65)34(62)28(22-58)73-45)42(44(68)69)77-48(43(41)78-46-38(66)35(63)32(60)26(20-56)72-46)75-31-12-13-52(6)29(51(31,4)5)11-14-54(8)30(52)10-9-24-25-19-50(2,3)15-17-55(25,18-16-53(24,54)7)49(70)79-47-39(67)36(64)33(61)27(21-57)74-47/h9,25-43,45-48,56-58,60-67H,10-22H2,1-8H3,(H,68,69)/t25-,26+,27+,28-,29-,30+,31-,32+,33+,34-,35-,36-,37+,38+,39+,40-,41-,42-,43+,45-,46-,47-,48+,52-,53+,54+,55-/m0/s1. The van der Waals surface area contributed by atoms with Gasteiger partial charge in [0.15, 0.2) is 37.2 Å². The number of carbonyl (C=O) groups excluding carboxylic acids is 2. The van der Waals surface area contributed by atoms with Crippen LogP contribution in [0.2, 0.25) is 0 Å². The summed E-state index contributed by atoms with van der Waals surface area (Å²) in [5.74, 6) is -3.24. The van der Waals surface area contributed by atoms with Gasteiger partial charge in [0.25, 0.3) is 0 Å². The van der Waals surface area contributed by atoms with E-state index in [9.17, 15) is 75.7 Å². The summed E-state index contributed by atoms with van der Waals surface area (Å²) in [6.07, 6.45) is -24.8. The fourth-order valence-electron chi connectivity index (χ4n) is 16.6. The van der Waals surface area contributed by atoms with Crippen LogP contribution in [0.3, 0.4) is 0 Å². The number of carboxylic acids is 1. The minimum Gasteiger partial charge on any atom is -0.479 e. The summed E-state index contributed by atoms with van der Waals surface area (Å²) in [5.41, 5.74) is -1.54. The molecular weight excluding hydrogens is 1040 g/mol. The van der Waals surface area contributed by atoms with Crippen molar-refractivity contribution in [2.75, 3.05) is 19.8 Å². The molecule has 4 heterocycles. The van der Waals surface area contributed by atoms with E-state index in [1.54, 1.807) is 0 Å². The van der Waals surface area contributed by atoms with Crippen LogP contribution < -0.4 is 0 Å². The van der Waals surface area contributed by atoms with Crippen LogP contribution in [0.4, 0.5) is 0 Å². The van der Waals surface area contributed by atoms with E-state index in [1.165, 1.54) is 5.57 Å². The fraction of sp³-hybridized carbons (Fsp3) is 0.909. The van der Waals surface area contributed by atoms with Gasteiger partial charge in [-0.1, -0.05) is 60.1 Å². The second-order valence-corrected chi connectivity index (χ2v) is 26.4. The topological polar surface area (TPSA) is 377 Å². The molecule has 450 valence electrons. The Hall–Kier alpha value is -2.57. The van der Waals surface area contributed by atoms with E-state index in [0.717, 1.165) is 26.2 Å². The highest BCUT2D eigenvalue weighted by atomic mass is 16.8. The molecule has 5 aliphatic carbocycles. The molecule has 0 unspecified atom stereocenters. The van der Waals surface area contributed by atoms with E-state index < -0.39 is 171 Å². The monoisotopic (exact) mass is 1130 g/mol. The number of rotatable bonds is 13. The zero-order valence-corrected chi connectivity index (χ0v) is 46.3. The molecule has 9 aliphatic rings. The van der Waals surface area contributed by atoms with Crippen LogP contribution in [0, 0.1) is 50.2 Å². The highest BCUT2D eigenvalue weighted by Gasteiger charge is 2.70. The van der Waals surface area contributed by atoms with Gasteiger partial charge in [-0.15, -0.1) is 0 Å². The molecule has 24 nitrogen and oxygen atoms in total. The number of hydrogen-bond donors (Lipinski definition) is 12. The number of allylic oxidation sites excluding steroid dienone is 2. The molecule has 0 spiro atoms. The Morgan fingerprint density at radius 3 is 1.67 bits per heavy atom. The van der Waals surface area contributed by atoms with Crippen molar-refractivity contribution < 1.29 is 118 Å². The van der Waals surface area contributed by atoms with Crippen LogP contribution in [-0.2, 0) is 57.0 Å². The van der Waals surface area contributed by atoms with Crippen molar-refractivity contribution in [2.24, 2.45) is 50.2 Å². The average Bonchev–Trinajstić information content (AvgIpc) is 3.85. The van der Waals surface area contributed by atoms with Crippen LogP contribution in [0.5, 0.6) is 0 Å². The molecule has 79 heavy (non-hydrogen) atoms. The van der Waals surface area contributed by atoms with Gasteiger partial charge in [-0.3, -0.25) is 9.59 Å². The highest BCUT2D eigenvalue weighted by molar-refractivity contribution is 5.79. The van der Waals surface area contributed by atoms with E-state index in [-0.39, 0.29) is 39.4 Å². The van der Waals surface area contributed by atoms with Crippen molar-refractivity contribution in [1.82, 2.24) is 0 Å². The number of hydrogen-bond acceptors (Lipinski definition) is 23. The summed E-state index contributed by atoms with van der Waals surface area (Å²) >= 11 is 0. The Labute approximate surface area is 459 Å². The van der Waals surface area contributed by atoms with Crippen LogP contribution in [-0.4, -0.2) is 222 Å². The minimum absolute atomic E-state index is 0.0175. The van der Waals surface area contributed by atoms with E-state index in [4.69, 9.17) is 42.6 Å². The van der Waals surface area contributed by atoms with E-state index in [1.807, 2.05) is 0 Å². The SMILES string of the molecule is CC(=O)O[C@@H]1[C@@H](O[C@@H]2O[C@H](CO)[C@@H](O)[C@H](O)[C@H]2O)[C@H](O[C@H]2CC[C@]3(C)[C@H]4CC=C5[C@@H]6CC(C)(C)CC[C@]6(C(=O)O[C@@H]6O[C@H](CO)[C@@H](O)[C@H](O)[C@H]6O)CC[C@@]5(C)[C@]4(C)CC[C@H]3C2(C)C)O[C@H](C(=O)O)[C@H]1O[C@@H]1O[C@@H](CO)[C@H](O)[C@H]1O. The zero-order chi connectivity index (χ0) is 57.9. The summed E-state index contributed by atoms with van der Waals surface area (Å²) < 4.78 is 54.3.